The van der Waals surface area contributed by atoms with E-state index in [1.807, 2.05) is 37.3 Å². The van der Waals surface area contributed by atoms with Crippen LogP contribution in [0.2, 0.25) is 0 Å². The molecule has 0 bridgehead atoms. The molecule has 0 radical (unpaired) electrons. The summed E-state index contributed by atoms with van der Waals surface area (Å²) in [6, 6.07) is 10.0. The Balaban J connectivity index is 1.51. The minimum atomic E-state index is -0.346. The predicted octanol–water partition coefficient (Wildman–Crippen LogP) is 3.80. The molecule has 130 valence electrons. The minimum absolute atomic E-state index is 0.0653. The molecular formula is C19H26N2O2S. The van der Waals surface area contributed by atoms with Crippen LogP contribution in [0.4, 0.5) is 0 Å². The van der Waals surface area contributed by atoms with Crippen molar-refractivity contribution in [1.82, 2.24) is 9.88 Å². The maximum Gasteiger partial charge on any atom is 0.122 e. The number of nitrogens with zero attached hydrogens (tertiary/aromatic N) is 2. The summed E-state index contributed by atoms with van der Waals surface area (Å²) in [5.41, 5.74) is 2.16. The quantitative estimate of drug-likeness (QED) is 0.864. The second kappa shape index (κ2) is 8.21. The van der Waals surface area contributed by atoms with Gasteiger partial charge in [-0.1, -0.05) is 30.3 Å². The molecule has 1 aromatic heterocycles. The van der Waals surface area contributed by atoms with E-state index in [0.717, 1.165) is 48.7 Å². The monoisotopic (exact) mass is 346 g/mol. The lowest BCUT2D eigenvalue weighted by Gasteiger charge is -2.34. The first-order chi connectivity index (χ1) is 11.7. The lowest BCUT2D eigenvalue weighted by Crippen LogP contribution is -2.35. The van der Waals surface area contributed by atoms with Crippen LogP contribution in [-0.2, 0) is 11.3 Å². The number of hydrogen-bond donors (Lipinski definition) is 1. The summed E-state index contributed by atoms with van der Waals surface area (Å²) in [6.45, 7) is 4.95. The van der Waals surface area contributed by atoms with Gasteiger partial charge in [-0.25, -0.2) is 4.98 Å². The molecule has 0 amide bonds. The molecule has 0 aliphatic carbocycles. The Hall–Kier alpha value is -1.27. The zero-order valence-corrected chi connectivity index (χ0v) is 15.2. The molecule has 1 aliphatic rings. The first kappa shape index (κ1) is 17.5. The van der Waals surface area contributed by atoms with Crippen LogP contribution in [0.15, 0.2) is 35.7 Å². The zero-order valence-electron chi connectivity index (χ0n) is 14.4. The number of likely N-dealkylation sites (tertiary alicyclic amines) is 1. The van der Waals surface area contributed by atoms with Crippen LogP contribution in [0.25, 0.3) is 0 Å². The van der Waals surface area contributed by atoms with Crippen LogP contribution in [0.3, 0.4) is 0 Å². The molecule has 2 atom stereocenters. The highest BCUT2D eigenvalue weighted by atomic mass is 32.1. The number of hydrogen-bond acceptors (Lipinski definition) is 5. The SMILES string of the molecule is COC(C)c1nc(CN2CCC(C(O)c3ccccc3)CC2)cs1. The summed E-state index contributed by atoms with van der Waals surface area (Å²) in [6.07, 6.45) is 1.78. The number of piperidine rings is 1. The van der Waals surface area contributed by atoms with Crippen molar-refractivity contribution in [1.29, 1.82) is 0 Å². The Kier molecular flexibility index (Phi) is 6.00. The van der Waals surface area contributed by atoms with E-state index >= 15 is 0 Å². The Morgan fingerprint density at radius 1 is 1.29 bits per heavy atom. The summed E-state index contributed by atoms with van der Waals surface area (Å²) < 4.78 is 5.33. The standard InChI is InChI=1S/C19H26N2O2S/c1-14(23-2)19-20-17(13-24-19)12-21-10-8-16(9-11-21)18(22)15-6-4-3-5-7-15/h3-7,13-14,16,18,22H,8-12H2,1-2H3. The number of thiazole rings is 1. The number of benzene rings is 1. The molecule has 0 saturated carbocycles. The van der Waals surface area contributed by atoms with Crippen molar-refractivity contribution in [2.75, 3.05) is 20.2 Å². The van der Waals surface area contributed by atoms with Crippen molar-refractivity contribution in [3.63, 3.8) is 0 Å². The van der Waals surface area contributed by atoms with Gasteiger partial charge in [0.25, 0.3) is 0 Å². The average molecular weight is 346 g/mol. The molecular weight excluding hydrogens is 320 g/mol. The highest BCUT2D eigenvalue weighted by Gasteiger charge is 2.26. The lowest BCUT2D eigenvalue weighted by molar-refractivity contribution is 0.0564. The smallest absolute Gasteiger partial charge is 0.122 e. The normalized spacial score (nSPS) is 19.3. The van der Waals surface area contributed by atoms with Crippen molar-refractivity contribution in [2.45, 2.75) is 38.5 Å². The van der Waals surface area contributed by atoms with E-state index < -0.39 is 0 Å². The van der Waals surface area contributed by atoms with Crippen molar-refractivity contribution < 1.29 is 9.84 Å². The Morgan fingerprint density at radius 3 is 2.67 bits per heavy atom. The number of aromatic nitrogens is 1. The highest BCUT2D eigenvalue weighted by molar-refractivity contribution is 7.09. The fourth-order valence-electron chi connectivity index (χ4n) is 3.26. The summed E-state index contributed by atoms with van der Waals surface area (Å²) in [5.74, 6) is 0.350. The van der Waals surface area contributed by atoms with Gasteiger partial charge in [0.2, 0.25) is 0 Å². The molecule has 0 spiro atoms. The van der Waals surface area contributed by atoms with Gasteiger partial charge in [0.1, 0.15) is 11.1 Å². The van der Waals surface area contributed by atoms with Gasteiger partial charge in [-0.2, -0.15) is 0 Å². The van der Waals surface area contributed by atoms with E-state index in [4.69, 9.17) is 4.74 Å². The van der Waals surface area contributed by atoms with Gasteiger partial charge in [-0.05, 0) is 44.3 Å². The van der Waals surface area contributed by atoms with Gasteiger partial charge in [0.05, 0.1) is 11.8 Å². The van der Waals surface area contributed by atoms with E-state index in [2.05, 4.69) is 15.3 Å². The second-order valence-corrected chi connectivity index (χ2v) is 7.41. The molecule has 24 heavy (non-hydrogen) atoms. The number of ether oxygens (including phenoxy) is 1. The predicted molar refractivity (Wildman–Crippen MR) is 96.9 cm³/mol. The van der Waals surface area contributed by atoms with E-state index in [1.54, 1.807) is 18.4 Å². The van der Waals surface area contributed by atoms with Gasteiger partial charge >= 0.3 is 0 Å². The molecule has 1 aliphatic heterocycles. The lowest BCUT2D eigenvalue weighted by atomic mass is 9.87. The van der Waals surface area contributed by atoms with Crippen molar-refractivity contribution in [3.8, 4) is 0 Å². The first-order valence-corrected chi connectivity index (χ1v) is 9.47. The fraction of sp³-hybridized carbons (Fsp3) is 0.526. The van der Waals surface area contributed by atoms with Crippen LogP contribution in [0.1, 0.15) is 48.2 Å². The third kappa shape index (κ3) is 4.22. The molecule has 2 heterocycles. The van der Waals surface area contributed by atoms with Crippen LogP contribution < -0.4 is 0 Å². The third-order valence-electron chi connectivity index (χ3n) is 4.88. The summed E-state index contributed by atoms with van der Waals surface area (Å²) in [5, 5.41) is 13.7. The van der Waals surface area contributed by atoms with Crippen LogP contribution in [0, 0.1) is 5.92 Å². The maximum atomic E-state index is 10.6. The van der Waals surface area contributed by atoms with Gasteiger partial charge in [0.15, 0.2) is 0 Å². The van der Waals surface area contributed by atoms with E-state index in [0.29, 0.717) is 5.92 Å². The number of aliphatic hydroxyl groups is 1. The topological polar surface area (TPSA) is 45.6 Å². The third-order valence-corrected chi connectivity index (χ3v) is 5.93. The van der Waals surface area contributed by atoms with Crippen molar-refractivity contribution >= 4 is 11.3 Å². The summed E-state index contributed by atoms with van der Waals surface area (Å²) in [4.78, 5) is 7.11. The Labute approximate surface area is 148 Å². The first-order valence-electron chi connectivity index (χ1n) is 8.60. The van der Waals surface area contributed by atoms with Crippen LogP contribution >= 0.6 is 11.3 Å². The molecule has 1 aromatic carbocycles. The molecule has 5 heteroatoms. The summed E-state index contributed by atoms with van der Waals surface area (Å²) in [7, 11) is 1.72. The number of rotatable bonds is 6. The van der Waals surface area contributed by atoms with Gasteiger partial charge < -0.3 is 9.84 Å². The molecule has 2 aromatic rings. The van der Waals surface area contributed by atoms with E-state index in [1.165, 1.54) is 0 Å². The van der Waals surface area contributed by atoms with E-state index in [9.17, 15) is 5.11 Å². The molecule has 3 rings (SSSR count). The van der Waals surface area contributed by atoms with Crippen LogP contribution in [-0.4, -0.2) is 35.2 Å². The minimum Gasteiger partial charge on any atom is -0.388 e. The Bertz CT molecular complexity index is 623. The zero-order chi connectivity index (χ0) is 16.9. The number of methoxy groups -OCH3 is 1. The fourth-order valence-corrected chi connectivity index (χ4v) is 4.10. The maximum absolute atomic E-state index is 10.6. The van der Waals surface area contributed by atoms with Gasteiger partial charge in [-0.15, -0.1) is 11.3 Å². The van der Waals surface area contributed by atoms with Gasteiger partial charge in [-0.3, -0.25) is 4.90 Å². The number of aliphatic hydroxyl groups excluding tert-OH is 1. The van der Waals surface area contributed by atoms with Gasteiger partial charge in [0, 0.05) is 19.0 Å². The van der Waals surface area contributed by atoms with Crippen molar-refractivity contribution in [2.24, 2.45) is 5.92 Å². The molecule has 2 unspecified atom stereocenters. The molecule has 1 saturated heterocycles. The Morgan fingerprint density at radius 2 is 2.00 bits per heavy atom. The van der Waals surface area contributed by atoms with Crippen molar-refractivity contribution in [3.05, 3.63) is 52.0 Å². The largest absolute Gasteiger partial charge is 0.388 e. The molecule has 1 N–H and O–H groups in total. The summed E-state index contributed by atoms with van der Waals surface area (Å²) >= 11 is 1.67. The molecule has 1 fully saturated rings. The van der Waals surface area contributed by atoms with Crippen LogP contribution in [0.5, 0.6) is 0 Å². The highest BCUT2D eigenvalue weighted by Crippen LogP contribution is 2.31. The average Bonchev–Trinajstić information content (AvgIpc) is 3.10. The second-order valence-electron chi connectivity index (χ2n) is 6.52. The molecule has 4 nitrogen and oxygen atoms in total. The van der Waals surface area contributed by atoms with E-state index in [-0.39, 0.29) is 12.2 Å².